The number of hydrogen-bond acceptors (Lipinski definition) is 3. The van der Waals surface area contributed by atoms with Crippen molar-refractivity contribution in [2.45, 2.75) is 37.8 Å². The zero-order chi connectivity index (χ0) is 13.4. The summed E-state index contributed by atoms with van der Waals surface area (Å²) < 4.78 is 0. The molecule has 3 amide bonds. The van der Waals surface area contributed by atoms with Crippen LogP contribution < -0.4 is 11.1 Å². The van der Waals surface area contributed by atoms with E-state index in [-0.39, 0.29) is 24.0 Å². The van der Waals surface area contributed by atoms with Crippen LogP contribution in [0.5, 0.6) is 0 Å². The highest BCUT2D eigenvalue weighted by molar-refractivity contribution is 5.79. The molecule has 1 saturated carbocycles. The van der Waals surface area contributed by atoms with Crippen LogP contribution in [0.15, 0.2) is 0 Å². The lowest BCUT2D eigenvalue weighted by Gasteiger charge is -2.37. The molecule has 3 aliphatic rings. The van der Waals surface area contributed by atoms with E-state index in [1.807, 2.05) is 9.80 Å². The van der Waals surface area contributed by atoms with E-state index in [4.69, 9.17) is 5.73 Å². The van der Waals surface area contributed by atoms with Crippen molar-refractivity contribution in [1.29, 1.82) is 0 Å². The van der Waals surface area contributed by atoms with Gasteiger partial charge in [-0.05, 0) is 18.8 Å². The van der Waals surface area contributed by atoms with E-state index in [1.54, 1.807) is 0 Å². The first-order valence-corrected chi connectivity index (χ1v) is 7.23. The van der Waals surface area contributed by atoms with Crippen LogP contribution in [-0.2, 0) is 4.79 Å². The number of rotatable bonds is 2. The summed E-state index contributed by atoms with van der Waals surface area (Å²) in [5, 5.41) is 2.83. The average Bonchev–Trinajstić information content (AvgIpc) is 2.97. The second kappa shape index (κ2) is 5.00. The molecule has 2 aliphatic heterocycles. The van der Waals surface area contributed by atoms with Gasteiger partial charge >= 0.3 is 6.03 Å². The first-order valence-electron chi connectivity index (χ1n) is 7.23. The van der Waals surface area contributed by atoms with E-state index in [0.29, 0.717) is 38.5 Å². The Bertz CT molecular complexity index is 387. The molecule has 0 aromatic heterocycles. The molecule has 1 aliphatic carbocycles. The molecule has 106 valence electrons. The summed E-state index contributed by atoms with van der Waals surface area (Å²) in [6.07, 6.45) is 3.85. The summed E-state index contributed by atoms with van der Waals surface area (Å²) in [4.78, 5) is 27.6. The highest BCUT2D eigenvalue weighted by Gasteiger charge is 2.37. The molecule has 3 rings (SSSR count). The summed E-state index contributed by atoms with van der Waals surface area (Å²) in [6, 6.07) is 0.359. The lowest BCUT2D eigenvalue weighted by Crippen LogP contribution is -2.54. The van der Waals surface area contributed by atoms with Gasteiger partial charge in [-0.15, -0.1) is 0 Å². The molecular weight excluding hydrogens is 244 g/mol. The molecule has 6 nitrogen and oxygen atoms in total. The van der Waals surface area contributed by atoms with Gasteiger partial charge in [-0.2, -0.15) is 0 Å². The summed E-state index contributed by atoms with van der Waals surface area (Å²) in [5.41, 5.74) is 6.03. The number of nitrogens with zero attached hydrogens (tertiary/aromatic N) is 2. The minimum Gasteiger partial charge on any atom is -0.339 e. The van der Waals surface area contributed by atoms with Crippen molar-refractivity contribution in [3.63, 3.8) is 0 Å². The van der Waals surface area contributed by atoms with E-state index in [2.05, 4.69) is 5.32 Å². The molecule has 3 fully saturated rings. The predicted octanol–water partition coefficient (Wildman–Crippen LogP) is -0.260. The Morgan fingerprint density at radius 1 is 1.37 bits per heavy atom. The van der Waals surface area contributed by atoms with Crippen LogP contribution in [-0.4, -0.2) is 60.0 Å². The van der Waals surface area contributed by atoms with E-state index in [0.717, 1.165) is 19.3 Å². The number of fused-ring (bicyclic) bond motifs is 1. The van der Waals surface area contributed by atoms with E-state index < -0.39 is 0 Å². The molecule has 3 N–H and O–H groups in total. The fourth-order valence-electron chi connectivity index (χ4n) is 3.50. The summed E-state index contributed by atoms with van der Waals surface area (Å²) >= 11 is 0. The fraction of sp³-hybridized carbons (Fsp3) is 0.846. The Morgan fingerprint density at radius 3 is 2.95 bits per heavy atom. The van der Waals surface area contributed by atoms with Crippen LogP contribution in [0, 0.1) is 5.92 Å². The van der Waals surface area contributed by atoms with E-state index in [1.165, 1.54) is 0 Å². The van der Waals surface area contributed by atoms with Gasteiger partial charge in [0.2, 0.25) is 5.91 Å². The molecule has 6 heteroatoms. The maximum absolute atomic E-state index is 12.3. The quantitative estimate of drug-likeness (QED) is 0.723. The smallest absolute Gasteiger partial charge is 0.317 e. The molecule has 0 bridgehead atoms. The third kappa shape index (κ3) is 2.41. The first kappa shape index (κ1) is 12.7. The molecule has 0 spiro atoms. The minimum atomic E-state index is 0.00918. The highest BCUT2D eigenvalue weighted by Crippen LogP contribution is 2.28. The standard InChI is InChI=1S/C13H22N4O2/c14-11-3-1-2-9(11)6-12(18)16-4-5-17-10(8-16)7-15-13(17)19/h9-11H,1-8,14H2,(H,15,19)/t9-,10?,11+/m0/s1. The van der Waals surface area contributed by atoms with Crippen molar-refractivity contribution in [2.24, 2.45) is 11.7 Å². The number of carbonyl (C=O) groups is 2. The number of piperazine rings is 1. The van der Waals surface area contributed by atoms with Crippen molar-refractivity contribution >= 4 is 11.9 Å². The molecule has 0 aromatic carbocycles. The second-order valence-electron chi connectivity index (χ2n) is 5.93. The molecular formula is C13H22N4O2. The minimum absolute atomic E-state index is 0.00918. The van der Waals surface area contributed by atoms with E-state index in [9.17, 15) is 9.59 Å². The Hall–Kier alpha value is -1.30. The largest absolute Gasteiger partial charge is 0.339 e. The normalized spacial score (nSPS) is 34.4. The molecule has 2 saturated heterocycles. The van der Waals surface area contributed by atoms with Crippen molar-refractivity contribution in [3.05, 3.63) is 0 Å². The Kier molecular flexibility index (Phi) is 3.35. The van der Waals surface area contributed by atoms with Gasteiger partial charge in [0.1, 0.15) is 0 Å². The van der Waals surface area contributed by atoms with Gasteiger partial charge in [0, 0.05) is 38.6 Å². The lowest BCUT2D eigenvalue weighted by molar-refractivity contribution is -0.134. The third-order valence-electron chi connectivity index (χ3n) is 4.74. The summed E-state index contributed by atoms with van der Waals surface area (Å²) in [5.74, 6) is 0.565. The average molecular weight is 266 g/mol. The van der Waals surface area contributed by atoms with Crippen molar-refractivity contribution in [3.8, 4) is 0 Å². The Balaban J connectivity index is 1.55. The topological polar surface area (TPSA) is 78.7 Å². The van der Waals surface area contributed by atoms with Crippen LogP contribution in [0.25, 0.3) is 0 Å². The van der Waals surface area contributed by atoms with Gasteiger partial charge in [0.05, 0.1) is 6.04 Å². The van der Waals surface area contributed by atoms with Gasteiger partial charge in [-0.25, -0.2) is 4.79 Å². The van der Waals surface area contributed by atoms with E-state index >= 15 is 0 Å². The monoisotopic (exact) mass is 266 g/mol. The molecule has 1 unspecified atom stereocenters. The Morgan fingerprint density at radius 2 is 2.21 bits per heavy atom. The third-order valence-corrected chi connectivity index (χ3v) is 4.74. The maximum atomic E-state index is 12.3. The van der Waals surface area contributed by atoms with Crippen molar-refractivity contribution in [2.75, 3.05) is 26.2 Å². The van der Waals surface area contributed by atoms with Crippen LogP contribution in [0.1, 0.15) is 25.7 Å². The zero-order valence-corrected chi connectivity index (χ0v) is 11.2. The number of nitrogens with two attached hydrogens (primary N) is 1. The fourth-order valence-corrected chi connectivity index (χ4v) is 3.50. The first-order chi connectivity index (χ1) is 9.15. The van der Waals surface area contributed by atoms with Gasteiger partial charge in [-0.3, -0.25) is 4.79 Å². The second-order valence-corrected chi connectivity index (χ2v) is 5.93. The highest BCUT2D eigenvalue weighted by atomic mass is 16.2. The number of hydrogen-bond donors (Lipinski definition) is 2. The molecule has 2 heterocycles. The van der Waals surface area contributed by atoms with Crippen molar-refractivity contribution < 1.29 is 9.59 Å². The number of carbonyl (C=O) groups excluding carboxylic acids is 2. The van der Waals surface area contributed by atoms with Gasteiger partial charge in [-0.1, -0.05) is 6.42 Å². The number of nitrogens with one attached hydrogen (secondary N) is 1. The van der Waals surface area contributed by atoms with Crippen molar-refractivity contribution in [1.82, 2.24) is 15.1 Å². The molecule has 3 atom stereocenters. The predicted molar refractivity (Wildman–Crippen MR) is 70.4 cm³/mol. The van der Waals surface area contributed by atoms with Crippen LogP contribution in [0.2, 0.25) is 0 Å². The Labute approximate surface area is 113 Å². The SMILES string of the molecule is N[C@@H]1CCC[C@H]1CC(=O)N1CCN2C(=O)NCC2C1. The number of amides is 3. The zero-order valence-electron chi connectivity index (χ0n) is 11.2. The summed E-state index contributed by atoms with van der Waals surface area (Å²) in [6.45, 7) is 2.63. The molecule has 19 heavy (non-hydrogen) atoms. The van der Waals surface area contributed by atoms with Gasteiger partial charge in [0.25, 0.3) is 0 Å². The maximum Gasteiger partial charge on any atom is 0.317 e. The lowest BCUT2D eigenvalue weighted by atomic mass is 9.99. The van der Waals surface area contributed by atoms with Crippen LogP contribution in [0.3, 0.4) is 0 Å². The van der Waals surface area contributed by atoms with Crippen LogP contribution in [0.4, 0.5) is 4.79 Å². The molecule has 0 radical (unpaired) electrons. The molecule has 0 aromatic rings. The van der Waals surface area contributed by atoms with Gasteiger partial charge in [0.15, 0.2) is 0 Å². The summed E-state index contributed by atoms with van der Waals surface area (Å²) in [7, 11) is 0. The van der Waals surface area contributed by atoms with Crippen LogP contribution >= 0.6 is 0 Å². The number of urea groups is 1. The van der Waals surface area contributed by atoms with Gasteiger partial charge < -0.3 is 20.9 Å².